The van der Waals surface area contributed by atoms with Crippen LogP contribution in [0.1, 0.15) is 54.2 Å². The summed E-state index contributed by atoms with van der Waals surface area (Å²) in [6, 6.07) is 7.00. The molecule has 0 fully saturated rings. The number of hydrogen-bond acceptors (Lipinski definition) is 3. The summed E-state index contributed by atoms with van der Waals surface area (Å²) >= 11 is 0. The number of rotatable bonds is 8. The molecule has 2 rings (SSSR count). The average Bonchev–Trinajstić information content (AvgIpc) is 2.75. The van der Waals surface area contributed by atoms with Gasteiger partial charge in [-0.1, -0.05) is 32.4 Å². The van der Waals surface area contributed by atoms with Gasteiger partial charge in [0.2, 0.25) is 5.96 Å². The fourth-order valence-corrected chi connectivity index (χ4v) is 2.82. The molecule has 0 aliphatic rings. The summed E-state index contributed by atoms with van der Waals surface area (Å²) < 4.78 is 40.5. The first-order valence-corrected chi connectivity index (χ1v) is 10.5. The maximum absolute atomic E-state index is 13.8. The molecule has 6 N–H and O–H groups in total. The zero-order chi connectivity index (χ0) is 23.8. The summed E-state index contributed by atoms with van der Waals surface area (Å²) in [6.45, 7) is 6.21. The van der Waals surface area contributed by atoms with Crippen LogP contribution in [0.4, 0.5) is 13.2 Å². The predicted molar refractivity (Wildman–Crippen MR) is 119 cm³/mol. The Morgan fingerprint density at radius 2 is 1.78 bits per heavy atom. The third-order valence-corrected chi connectivity index (χ3v) is 5.15. The van der Waals surface area contributed by atoms with Crippen molar-refractivity contribution in [1.29, 1.82) is 0 Å². The summed E-state index contributed by atoms with van der Waals surface area (Å²) in [5.74, 6) is -2.93. The number of halogens is 3. The van der Waals surface area contributed by atoms with E-state index in [1.54, 1.807) is 19.1 Å². The van der Waals surface area contributed by atoms with Crippen molar-refractivity contribution in [3.8, 4) is 0 Å². The van der Waals surface area contributed by atoms with Gasteiger partial charge in [-0.05, 0) is 54.7 Å². The number of nitrogens with two attached hydrogens (primary N) is 2. The fourth-order valence-electron chi connectivity index (χ4n) is 2.82. The number of amides is 1. The van der Waals surface area contributed by atoms with E-state index >= 15 is 0 Å². The van der Waals surface area contributed by atoms with Crippen LogP contribution in [0.2, 0.25) is 0 Å². The smallest absolute Gasteiger partial charge is 0.280 e. The summed E-state index contributed by atoms with van der Waals surface area (Å²) in [4.78, 5) is 16.4. The number of aryl methyl sites for hydroxylation is 1. The minimum atomic E-state index is -1.14. The molecule has 0 aliphatic heterocycles. The van der Waals surface area contributed by atoms with E-state index in [1.165, 1.54) is 6.07 Å². The second-order valence-corrected chi connectivity index (χ2v) is 7.89. The topological polar surface area (TPSA) is 106 Å². The number of hydrogen-bond donors (Lipinski definition) is 4. The SMILES string of the molecule is CCC(C)CN/C(=N/C(=O)c1ccc(F)c(F)c1)NC(N)CC(N)c1ccc(C)c(F)c1. The second-order valence-electron chi connectivity index (χ2n) is 7.89. The standard InChI is InChI=1S/C23H30F3N5O/c1-4-13(2)12-29-23(31-22(32)16-7-8-17(24)19(26)10-16)30-21(28)11-20(27)15-6-5-14(3)18(25)9-15/h5-10,13,20-21H,4,11-12,27-28H2,1-3H3,(H2,29,30,31,32). The molecule has 0 heterocycles. The van der Waals surface area contributed by atoms with Crippen LogP contribution in [-0.2, 0) is 0 Å². The van der Waals surface area contributed by atoms with E-state index in [9.17, 15) is 18.0 Å². The summed E-state index contributed by atoms with van der Waals surface area (Å²) in [5, 5.41) is 5.93. The molecule has 0 saturated heterocycles. The van der Waals surface area contributed by atoms with Crippen LogP contribution in [0, 0.1) is 30.3 Å². The number of nitrogens with one attached hydrogen (secondary N) is 2. The molecule has 0 bridgehead atoms. The monoisotopic (exact) mass is 449 g/mol. The van der Waals surface area contributed by atoms with Crippen LogP contribution in [0.3, 0.4) is 0 Å². The molecule has 3 atom stereocenters. The van der Waals surface area contributed by atoms with Gasteiger partial charge in [-0.15, -0.1) is 0 Å². The lowest BCUT2D eigenvalue weighted by molar-refractivity contribution is 0.100. The van der Waals surface area contributed by atoms with E-state index in [4.69, 9.17) is 11.5 Å². The molecule has 0 saturated carbocycles. The van der Waals surface area contributed by atoms with E-state index in [0.29, 0.717) is 17.7 Å². The van der Waals surface area contributed by atoms with Gasteiger partial charge in [-0.3, -0.25) is 4.79 Å². The molecule has 0 aromatic heterocycles. The van der Waals surface area contributed by atoms with Crippen molar-refractivity contribution in [2.75, 3.05) is 6.54 Å². The largest absolute Gasteiger partial charge is 0.356 e. The Labute approximate surface area is 186 Å². The van der Waals surface area contributed by atoms with Crippen LogP contribution in [0.25, 0.3) is 0 Å². The minimum absolute atomic E-state index is 0.0924. The Morgan fingerprint density at radius 1 is 1.06 bits per heavy atom. The van der Waals surface area contributed by atoms with Gasteiger partial charge in [-0.25, -0.2) is 13.2 Å². The lowest BCUT2D eigenvalue weighted by Gasteiger charge is -2.22. The highest BCUT2D eigenvalue weighted by Crippen LogP contribution is 2.18. The molecule has 174 valence electrons. The molecule has 0 aliphatic carbocycles. The Morgan fingerprint density at radius 3 is 2.41 bits per heavy atom. The van der Waals surface area contributed by atoms with Crippen molar-refractivity contribution in [1.82, 2.24) is 10.6 Å². The van der Waals surface area contributed by atoms with Gasteiger partial charge in [0, 0.05) is 18.2 Å². The number of nitrogens with zero attached hydrogens (tertiary/aromatic N) is 1. The van der Waals surface area contributed by atoms with E-state index in [1.807, 2.05) is 13.8 Å². The number of benzene rings is 2. The van der Waals surface area contributed by atoms with Crippen molar-refractivity contribution >= 4 is 11.9 Å². The first-order valence-electron chi connectivity index (χ1n) is 10.5. The maximum atomic E-state index is 13.8. The van der Waals surface area contributed by atoms with Gasteiger partial charge in [0.05, 0.1) is 6.17 Å². The second kappa shape index (κ2) is 11.6. The molecule has 3 unspecified atom stereocenters. The van der Waals surface area contributed by atoms with E-state index in [2.05, 4.69) is 15.6 Å². The number of aliphatic imine (C=N–C) groups is 1. The van der Waals surface area contributed by atoms with Crippen molar-refractivity contribution < 1.29 is 18.0 Å². The molecule has 9 heteroatoms. The molecular weight excluding hydrogens is 419 g/mol. The van der Waals surface area contributed by atoms with Crippen LogP contribution in [0.15, 0.2) is 41.4 Å². The van der Waals surface area contributed by atoms with Gasteiger partial charge in [0.25, 0.3) is 5.91 Å². The van der Waals surface area contributed by atoms with Gasteiger partial charge in [0.15, 0.2) is 11.6 Å². The lowest BCUT2D eigenvalue weighted by atomic mass is 10.0. The molecule has 0 radical (unpaired) electrons. The molecule has 1 amide bonds. The van der Waals surface area contributed by atoms with E-state index in [0.717, 1.165) is 24.6 Å². The third-order valence-electron chi connectivity index (χ3n) is 5.15. The molecule has 32 heavy (non-hydrogen) atoms. The molecular formula is C23H30F3N5O. The molecule has 0 spiro atoms. The minimum Gasteiger partial charge on any atom is -0.356 e. The molecule has 2 aromatic carbocycles. The Hall–Kier alpha value is -2.91. The Bertz CT molecular complexity index is 967. The summed E-state index contributed by atoms with van der Waals surface area (Å²) in [7, 11) is 0. The van der Waals surface area contributed by atoms with Crippen molar-refractivity contribution in [3.05, 3.63) is 70.5 Å². The Kier molecular flexibility index (Phi) is 9.22. The zero-order valence-corrected chi connectivity index (χ0v) is 18.5. The van der Waals surface area contributed by atoms with Crippen LogP contribution in [0.5, 0.6) is 0 Å². The highest BCUT2D eigenvalue weighted by atomic mass is 19.2. The average molecular weight is 450 g/mol. The Balaban J connectivity index is 2.14. The quantitative estimate of drug-likeness (QED) is 0.280. The lowest BCUT2D eigenvalue weighted by Crippen LogP contribution is -2.50. The first-order chi connectivity index (χ1) is 15.1. The van der Waals surface area contributed by atoms with Gasteiger partial charge >= 0.3 is 0 Å². The van der Waals surface area contributed by atoms with Crippen LogP contribution in [-0.4, -0.2) is 24.6 Å². The summed E-state index contributed by atoms with van der Waals surface area (Å²) in [5.41, 5.74) is 13.3. The van der Waals surface area contributed by atoms with Gasteiger partial charge < -0.3 is 22.1 Å². The van der Waals surface area contributed by atoms with Gasteiger partial charge in [-0.2, -0.15) is 4.99 Å². The number of guanidine groups is 1. The van der Waals surface area contributed by atoms with Crippen molar-refractivity contribution in [2.45, 2.75) is 45.8 Å². The van der Waals surface area contributed by atoms with Crippen LogP contribution >= 0.6 is 0 Å². The zero-order valence-electron chi connectivity index (χ0n) is 18.5. The molecule has 6 nitrogen and oxygen atoms in total. The first kappa shape index (κ1) is 25.4. The highest BCUT2D eigenvalue weighted by molar-refractivity contribution is 6.02. The van der Waals surface area contributed by atoms with Gasteiger partial charge in [0.1, 0.15) is 5.82 Å². The van der Waals surface area contributed by atoms with Crippen molar-refractivity contribution in [2.24, 2.45) is 22.4 Å². The van der Waals surface area contributed by atoms with Crippen LogP contribution < -0.4 is 22.1 Å². The maximum Gasteiger partial charge on any atom is 0.280 e. The number of carbonyl (C=O) groups excluding carboxylic acids is 1. The third kappa shape index (κ3) is 7.35. The molecule has 2 aromatic rings. The predicted octanol–water partition coefficient (Wildman–Crippen LogP) is 3.51. The van der Waals surface area contributed by atoms with E-state index in [-0.39, 0.29) is 29.7 Å². The fraction of sp³-hybridized carbons (Fsp3) is 0.391. The highest BCUT2D eigenvalue weighted by Gasteiger charge is 2.16. The normalized spacial score (nSPS) is 14.6. The van der Waals surface area contributed by atoms with Crippen molar-refractivity contribution in [3.63, 3.8) is 0 Å². The summed E-state index contributed by atoms with van der Waals surface area (Å²) in [6.07, 6.45) is 0.412. The van der Waals surface area contributed by atoms with E-state index < -0.39 is 29.7 Å². The number of carbonyl (C=O) groups is 1.